The largest absolute Gasteiger partial charge is 0.356 e. The molecule has 1 aliphatic heterocycles. The van der Waals surface area contributed by atoms with Crippen molar-refractivity contribution in [2.75, 3.05) is 19.6 Å². The normalized spacial score (nSPS) is 14.1. The van der Waals surface area contributed by atoms with Crippen LogP contribution in [-0.2, 0) is 16.0 Å². The first-order chi connectivity index (χ1) is 11.0. The molecule has 0 spiro atoms. The molecule has 2 rings (SSSR count). The molecule has 1 heterocycles. The third kappa shape index (κ3) is 5.41. The van der Waals surface area contributed by atoms with Crippen LogP contribution in [0.1, 0.15) is 18.4 Å². The van der Waals surface area contributed by atoms with Crippen molar-refractivity contribution in [1.82, 2.24) is 15.5 Å². The molecule has 1 fully saturated rings. The van der Waals surface area contributed by atoms with Crippen LogP contribution >= 0.6 is 23.2 Å². The number of rotatable bonds is 7. The average molecular weight is 358 g/mol. The first-order valence-electron chi connectivity index (χ1n) is 7.25. The Hall–Kier alpha value is -1.79. The summed E-state index contributed by atoms with van der Waals surface area (Å²) in [5.74, 6) is -0.376. The Labute approximate surface area is 144 Å². The predicted molar refractivity (Wildman–Crippen MR) is 87.5 cm³/mol. The summed E-state index contributed by atoms with van der Waals surface area (Å²) in [6, 6.07) is 4.86. The third-order valence-corrected chi connectivity index (χ3v) is 3.82. The zero-order valence-electron chi connectivity index (χ0n) is 12.4. The molecule has 6 nitrogen and oxygen atoms in total. The minimum atomic E-state index is -0.395. The van der Waals surface area contributed by atoms with Crippen molar-refractivity contribution in [2.24, 2.45) is 0 Å². The quantitative estimate of drug-likeness (QED) is 0.732. The van der Waals surface area contributed by atoms with Crippen molar-refractivity contribution >= 4 is 41.0 Å². The Bertz CT molecular complexity index is 586. The minimum absolute atomic E-state index is 0.0349. The molecule has 0 saturated carbocycles. The van der Waals surface area contributed by atoms with Crippen molar-refractivity contribution in [3.63, 3.8) is 0 Å². The van der Waals surface area contributed by atoms with Gasteiger partial charge in [-0.05, 0) is 36.6 Å². The Balaban J connectivity index is 1.65. The van der Waals surface area contributed by atoms with Crippen molar-refractivity contribution < 1.29 is 14.4 Å². The first kappa shape index (κ1) is 17.6. The van der Waals surface area contributed by atoms with E-state index in [-0.39, 0.29) is 31.3 Å². The van der Waals surface area contributed by atoms with Gasteiger partial charge in [-0.25, -0.2) is 4.79 Å². The smallest absolute Gasteiger partial charge is 0.324 e. The van der Waals surface area contributed by atoms with Crippen LogP contribution < -0.4 is 10.6 Å². The summed E-state index contributed by atoms with van der Waals surface area (Å²) in [5.41, 5.74) is 0.946. The fourth-order valence-electron chi connectivity index (χ4n) is 2.27. The van der Waals surface area contributed by atoms with E-state index in [0.29, 0.717) is 29.4 Å². The summed E-state index contributed by atoms with van der Waals surface area (Å²) < 4.78 is 0. The summed E-state index contributed by atoms with van der Waals surface area (Å²) in [7, 11) is 0. The lowest BCUT2D eigenvalue weighted by Crippen LogP contribution is -2.33. The molecule has 8 heteroatoms. The van der Waals surface area contributed by atoms with Gasteiger partial charge in [0.25, 0.3) is 0 Å². The van der Waals surface area contributed by atoms with Crippen molar-refractivity contribution in [2.45, 2.75) is 19.3 Å². The molecule has 0 aromatic heterocycles. The monoisotopic (exact) mass is 357 g/mol. The standard InChI is InChI=1S/C15H17Cl2N3O3/c16-11-6-10(7-12(17)8-11)3-4-18-13(21)2-1-5-20-14(22)9-19-15(20)23/h6-8H,1-5,9H2,(H,18,21)(H,19,23). The van der Waals surface area contributed by atoms with Gasteiger partial charge in [0.1, 0.15) is 0 Å². The number of nitrogens with one attached hydrogen (secondary N) is 2. The fraction of sp³-hybridized carbons (Fsp3) is 0.400. The van der Waals surface area contributed by atoms with E-state index in [4.69, 9.17) is 23.2 Å². The van der Waals surface area contributed by atoms with E-state index in [1.54, 1.807) is 18.2 Å². The van der Waals surface area contributed by atoms with Crippen LogP contribution in [0.4, 0.5) is 4.79 Å². The van der Waals surface area contributed by atoms with Crippen LogP contribution in [0.2, 0.25) is 10.0 Å². The number of hydrogen-bond donors (Lipinski definition) is 2. The molecule has 4 amide bonds. The lowest BCUT2D eigenvalue weighted by atomic mass is 10.1. The van der Waals surface area contributed by atoms with E-state index in [0.717, 1.165) is 10.5 Å². The van der Waals surface area contributed by atoms with Crippen molar-refractivity contribution in [1.29, 1.82) is 0 Å². The zero-order valence-corrected chi connectivity index (χ0v) is 13.9. The molecule has 0 atom stereocenters. The molecule has 23 heavy (non-hydrogen) atoms. The summed E-state index contributed by atoms with van der Waals surface area (Å²) in [4.78, 5) is 35.5. The van der Waals surface area contributed by atoms with E-state index in [9.17, 15) is 14.4 Å². The van der Waals surface area contributed by atoms with Crippen LogP contribution in [-0.4, -0.2) is 42.4 Å². The van der Waals surface area contributed by atoms with Gasteiger partial charge in [-0.1, -0.05) is 23.2 Å². The highest BCUT2D eigenvalue weighted by molar-refractivity contribution is 6.34. The number of urea groups is 1. The van der Waals surface area contributed by atoms with Gasteiger partial charge in [-0.2, -0.15) is 0 Å². The van der Waals surface area contributed by atoms with E-state index in [2.05, 4.69) is 10.6 Å². The first-order valence-corrected chi connectivity index (χ1v) is 8.01. The van der Waals surface area contributed by atoms with E-state index in [1.165, 1.54) is 0 Å². The lowest BCUT2D eigenvalue weighted by Gasteiger charge is -2.11. The molecule has 0 bridgehead atoms. The second-order valence-corrected chi connectivity index (χ2v) is 6.06. The summed E-state index contributed by atoms with van der Waals surface area (Å²) >= 11 is 11.8. The molecular formula is C15H17Cl2N3O3. The highest BCUT2D eigenvalue weighted by Crippen LogP contribution is 2.19. The molecule has 1 saturated heterocycles. The van der Waals surface area contributed by atoms with Gasteiger partial charge in [-0.15, -0.1) is 0 Å². The van der Waals surface area contributed by atoms with Gasteiger partial charge in [0.2, 0.25) is 11.8 Å². The maximum absolute atomic E-state index is 11.7. The van der Waals surface area contributed by atoms with Crippen LogP contribution in [0, 0.1) is 0 Å². The molecule has 2 N–H and O–H groups in total. The predicted octanol–water partition coefficient (Wildman–Crippen LogP) is 1.98. The second kappa shape index (κ2) is 8.17. The Kier molecular flexibility index (Phi) is 6.24. The van der Waals surface area contributed by atoms with Gasteiger partial charge in [0.05, 0.1) is 6.54 Å². The van der Waals surface area contributed by atoms with Crippen molar-refractivity contribution in [3.05, 3.63) is 33.8 Å². The number of halogens is 2. The number of nitrogens with zero attached hydrogens (tertiary/aromatic N) is 1. The van der Waals surface area contributed by atoms with Gasteiger partial charge in [0, 0.05) is 29.6 Å². The maximum atomic E-state index is 11.7. The molecular weight excluding hydrogens is 341 g/mol. The molecule has 0 aliphatic carbocycles. The number of benzene rings is 1. The topological polar surface area (TPSA) is 78.5 Å². The molecule has 1 aromatic carbocycles. The van der Waals surface area contributed by atoms with E-state index >= 15 is 0 Å². The van der Waals surface area contributed by atoms with E-state index < -0.39 is 6.03 Å². The number of carbonyl (C=O) groups excluding carboxylic acids is 3. The third-order valence-electron chi connectivity index (χ3n) is 3.38. The summed E-state index contributed by atoms with van der Waals surface area (Å²) in [6.07, 6.45) is 1.32. The molecule has 0 unspecified atom stereocenters. The molecule has 1 aliphatic rings. The number of amides is 4. The molecule has 1 aromatic rings. The second-order valence-electron chi connectivity index (χ2n) is 5.19. The summed E-state index contributed by atoms with van der Waals surface area (Å²) in [6.45, 7) is 0.758. The van der Waals surface area contributed by atoms with E-state index in [1.807, 2.05) is 0 Å². The van der Waals surface area contributed by atoms with Gasteiger partial charge in [0.15, 0.2) is 0 Å². The zero-order chi connectivity index (χ0) is 16.8. The lowest BCUT2D eigenvalue weighted by molar-refractivity contribution is -0.126. The van der Waals surface area contributed by atoms with Gasteiger partial charge >= 0.3 is 6.03 Å². The Morgan fingerprint density at radius 2 is 1.91 bits per heavy atom. The number of imide groups is 1. The van der Waals surface area contributed by atoms with Crippen LogP contribution in [0.25, 0.3) is 0 Å². The van der Waals surface area contributed by atoms with Crippen molar-refractivity contribution in [3.8, 4) is 0 Å². The summed E-state index contributed by atoms with van der Waals surface area (Å²) in [5, 5.41) is 6.35. The van der Waals surface area contributed by atoms with Crippen LogP contribution in [0.5, 0.6) is 0 Å². The van der Waals surface area contributed by atoms with Gasteiger partial charge < -0.3 is 10.6 Å². The Morgan fingerprint density at radius 1 is 1.22 bits per heavy atom. The number of hydrogen-bond acceptors (Lipinski definition) is 3. The number of carbonyl (C=O) groups is 3. The maximum Gasteiger partial charge on any atom is 0.324 e. The fourth-order valence-corrected chi connectivity index (χ4v) is 2.84. The molecule has 0 radical (unpaired) electrons. The minimum Gasteiger partial charge on any atom is -0.356 e. The molecule has 124 valence electrons. The average Bonchev–Trinajstić information content (AvgIpc) is 2.78. The van der Waals surface area contributed by atoms with Gasteiger partial charge in [-0.3, -0.25) is 14.5 Å². The van der Waals surface area contributed by atoms with Crippen LogP contribution in [0.3, 0.4) is 0 Å². The highest BCUT2D eigenvalue weighted by atomic mass is 35.5. The highest BCUT2D eigenvalue weighted by Gasteiger charge is 2.27. The van der Waals surface area contributed by atoms with Crippen LogP contribution in [0.15, 0.2) is 18.2 Å². The SMILES string of the molecule is O=C(CCCN1C(=O)CNC1=O)NCCc1cc(Cl)cc(Cl)c1. The Morgan fingerprint density at radius 3 is 2.52 bits per heavy atom.